The molecule has 0 atom stereocenters. The maximum atomic E-state index is 11.9. The second-order valence-corrected chi connectivity index (χ2v) is 4.87. The molecule has 0 saturated heterocycles. The van der Waals surface area contributed by atoms with Crippen LogP contribution in [0.2, 0.25) is 0 Å². The SMILES string of the molecule is CCOC(=O)C(=C(C)C)c1ccc(C(C)C)cc1. The summed E-state index contributed by atoms with van der Waals surface area (Å²) in [6.07, 6.45) is 0. The minimum atomic E-state index is -0.241. The molecular weight excluding hydrogens is 224 g/mol. The predicted molar refractivity (Wildman–Crippen MR) is 75.4 cm³/mol. The molecule has 2 heteroatoms. The zero-order valence-electron chi connectivity index (χ0n) is 11.9. The fourth-order valence-electron chi connectivity index (χ4n) is 1.85. The summed E-state index contributed by atoms with van der Waals surface area (Å²) in [5.41, 5.74) is 3.85. The van der Waals surface area contributed by atoms with Gasteiger partial charge in [0.15, 0.2) is 0 Å². The number of carbonyl (C=O) groups is 1. The first-order valence-corrected chi connectivity index (χ1v) is 6.42. The second-order valence-electron chi connectivity index (χ2n) is 4.87. The van der Waals surface area contributed by atoms with Crippen molar-refractivity contribution in [3.63, 3.8) is 0 Å². The Morgan fingerprint density at radius 3 is 2.11 bits per heavy atom. The number of allylic oxidation sites excluding steroid dienone is 1. The fraction of sp³-hybridized carbons (Fsp3) is 0.438. The van der Waals surface area contributed by atoms with Gasteiger partial charge in [0.1, 0.15) is 0 Å². The highest BCUT2D eigenvalue weighted by molar-refractivity contribution is 6.17. The Morgan fingerprint density at radius 1 is 1.17 bits per heavy atom. The number of carbonyl (C=O) groups excluding carboxylic acids is 1. The molecule has 1 rings (SSSR count). The Kier molecular flexibility index (Phi) is 5.14. The molecule has 98 valence electrons. The highest BCUT2D eigenvalue weighted by Crippen LogP contribution is 2.23. The first-order valence-electron chi connectivity index (χ1n) is 6.42. The van der Waals surface area contributed by atoms with Gasteiger partial charge in [-0.3, -0.25) is 0 Å². The molecule has 1 aromatic carbocycles. The Labute approximate surface area is 110 Å². The minimum Gasteiger partial charge on any atom is -0.462 e. The third-order valence-corrected chi connectivity index (χ3v) is 2.85. The van der Waals surface area contributed by atoms with Crippen molar-refractivity contribution in [2.75, 3.05) is 6.61 Å². The van der Waals surface area contributed by atoms with Crippen LogP contribution in [0.4, 0.5) is 0 Å². The molecule has 0 aliphatic rings. The molecule has 0 radical (unpaired) electrons. The van der Waals surface area contributed by atoms with Crippen LogP contribution in [0.5, 0.6) is 0 Å². The summed E-state index contributed by atoms with van der Waals surface area (Å²) >= 11 is 0. The van der Waals surface area contributed by atoms with E-state index in [4.69, 9.17) is 4.74 Å². The van der Waals surface area contributed by atoms with Gasteiger partial charge in [0, 0.05) is 0 Å². The van der Waals surface area contributed by atoms with E-state index in [9.17, 15) is 4.79 Å². The summed E-state index contributed by atoms with van der Waals surface area (Å²) < 4.78 is 5.10. The van der Waals surface area contributed by atoms with E-state index in [-0.39, 0.29) is 5.97 Å². The third kappa shape index (κ3) is 3.46. The molecule has 0 amide bonds. The van der Waals surface area contributed by atoms with Crippen LogP contribution in [0.1, 0.15) is 51.7 Å². The Bertz CT molecular complexity index is 435. The van der Waals surface area contributed by atoms with Crippen LogP contribution in [0, 0.1) is 0 Å². The summed E-state index contributed by atoms with van der Waals surface area (Å²) in [4.78, 5) is 11.9. The Balaban J connectivity index is 3.09. The zero-order valence-corrected chi connectivity index (χ0v) is 11.9. The lowest BCUT2D eigenvalue weighted by Crippen LogP contribution is -2.08. The van der Waals surface area contributed by atoms with E-state index >= 15 is 0 Å². The number of benzene rings is 1. The number of ether oxygens (including phenoxy) is 1. The van der Waals surface area contributed by atoms with Crippen LogP contribution in [-0.4, -0.2) is 12.6 Å². The average Bonchev–Trinajstić information content (AvgIpc) is 2.29. The third-order valence-electron chi connectivity index (χ3n) is 2.85. The molecule has 0 spiro atoms. The molecule has 0 heterocycles. The van der Waals surface area contributed by atoms with E-state index in [2.05, 4.69) is 26.0 Å². The number of esters is 1. The highest BCUT2D eigenvalue weighted by Gasteiger charge is 2.14. The smallest absolute Gasteiger partial charge is 0.338 e. The first-order chi connectivity index (χ1) is 8.47. The lowest BCUT2D eigenvalue weighted by atomic mass is 9.97. The van der Waals surface area contributed by atoms with Crippen molar-refractivity contribution >= 4 is 11.5 Å². The van der Waals surface area contributed by atoms with Gasteiger partial charge in [-0.05, 0) is 37.8 Å². The largest absolute Gasteiger partial charge is 0.462 e. The molecule has 0 bridgehead atoms. The van der Waals surface area contributed by atoms with E-state index in [0.29, 0.717) is 18.1 Å². The normalized spacial score (nSPS) is 10.3. The van der Waals surface area contributed by atoms with Crippen molar-refractivity contribution in [2.45, 2.75) is 40.5 Å². The predicted octanol–water partition coefficient (Wildman–Crippen LogP) is 4.17. The maximum Gasteiger partial charge on any atom is 0.338 e. The number of hydrogen-bond donors (Lipinski definition) is 0. The van der Waals surface area contributed by atoms with Gasteiger partial charge in [-0.2, -0.15) is 0 Å². The molecule has 2 nitrogen and oxygen atoms in total. The summed E-state index contributed by atoms with van der Waals surface area (Å²) in [5.74, 6) is 0.256. The van der Waals surface area contributed by atoms with Crippen LogP contribution in [-0.2, 0) is 9.53 Å². The molecule has 0 aliphatic carbocycles. The molecule has 0 unspecified atom stereocenters. The molecule has 0 saturated carbocycles. The minimum absolute atomic E-state index is 0.241. The summed E-state index contributed by atoms with van der Waals surface area (Å²) in [5, 5.41) is 0. The molecule has 0 aromatic heterocycles. The van der Waals surface area contributed by atoms with E-state index in [1.54, 1.807) is 0 Å². The van der Waals surface area contributed by atoms with E-state index in [0.717, 1.165) is 11.1 Å². The topological polar surface area (TPSA) is 26.3 Å². The number of rotatable bonds is 4. The molecule has 0 fully saturated rings. The van der Waals surface area contributed by atoms with Crippen LogP contribution < -0.4 is 0 Å². The summed E-state index contributed by atoms with van der Waals surface area (Å²) in [6.45, 7) is 10.4. The van der Waals surface area contributed by atoms with Crippen molar-refractivity contribution in [1.29, 1.82) is 0 Å². The van der Waals surface area contributed by atoms with Crippen LogP contribution in [0.15, 0.2) is 29.8 Å². The zero-order chi connectivity index (χ0) is 13.7. The molecule has 18 heavy (non-hydrogen) atoms. The molecule has 1 aromatic rings. The monoisotopic (exact) mass is 246 g/mol. The van der Waals surface area contributed by atoms with Crippen molar-refractivity contribution in [1.82, 2.24) is 0 Å². The quantitative estimate of drug-likeness (QED) is 0.589. The van der Waals surface area contributed by atoms with Crippen LogP contribution >= 0.6 is 0 Å². The number of hydrogen-bond acceptors (Lipinski definition) is 2. The van der Waals surface area contributed by atoms with Gasteiger partial charge in [-0.15, -0.1) is 0 Å². The standard InChI is InChI=1S/C16H22O2/c1-6-18-16(17)15(12(4)5)14-9-7-13(8-10-14)11(2)3/h7-11H,6H2,1-5H3. The summed E-state index contributed by atoms with van der Waals surface area (Å²) in [7, 11) is 0. The van der Waals surface area contributed by atoms with E-state index < -0.39 is 0 Å². The van der Waals surface area contributed by atoms with Gasteiger partial charge in [0.05, 0.1) is 12.2 Å². The molecule has 0 N–H and O–H groups in total. The second kappa shape index (κ2) is 6.39. The van der Waals surface area contributed by atoms with Gasteiger partial charge in [0.25, 0.3) is 0 Å². The fourth-order valence-corrected chi connectivity index (χ4v) is 1.85. The Hall–Kier alpha value is -1.57. The van der Waals surface area contributed by atoms with Crippen LogP contribution in [0.3, 0.4) is 0 Å². The van der Waals surface area contributed by atoms with Crippen LogP contribution in [0.25, 0.3) is 5.57 Å². The van der Waals surface area contributed by atoms with E-state index in [1.165, 1.54) is 5.56 Å². The first kappa shape index (κ1) is 14.5. The van der Waals surface area contributed by atoms with E-state index in [1.807, 2.05) is 32.9 Å². The average molecular weight is 246 g/mol. The molecular formula is C16H22O2. The van der Waals surface area contributed by atoms with Gasteiger partial charge in [0.2, 0.25) is 0 Å². The summed E-state index contributed by atoms with van der Waals surface area (Å²) in [6, 6.07) is 8.13. The van der Waals surface area contributed by atoms with Gasteiger partial charge >= 0.3 is 5.97 Å². The van der Waals surface area contributed by atoms with Crippen molar-refractivity contribution in [3.05, 3.63) is 41.0 Å². The van der Waals surface area contributed by atoms with Crippen molar-refractivity contribution in [3.8, 4) is 0 Å². The lowest BCUT2D eigenvalue weighted by Gasteiger charge is -2.11. The highest BCUT2D eigenvalue weighted by atomic mass is 16.5. The van der Waals surface area contributed by atoms with Gasteiger partial charge in [-0.25, -0.2) is 4.79 Å². The lowest BCUT2D eigenvalue weighted by molar-refractivity contribution is -0.136. The van der Waals surface area contributed by atoms with Gasteiger partial charge in [-0.1, -0.05) is 43.7 Å². The van der Waals surface area contributed by atoms with Crippen molar-refractivity contribution < 1.29 is 9.53 Å². The molecule has 0 aliphatic heterocycles. The maximum absolute atomic E-state index is 11.9. The Morgan fingerprint density at radius 2 is 1.72 bits per heavy atom. The van der Waals surface area contributed by atoms with Gasteiger partial charge < -0.3 is 4.74 Å². The van der Waals surface area contributed by atoms with Crippen molar-refractivity contribution in [2.24, 2.45) is 0 Å².